The molecule has 0 aliphatic carbocycles. The third-order valence-corrected chi connectivity index (χ3v) is 0.745. The summed E-state index contributed by atoms with van der Waals surface area (Å²) < 4.78 is 4.49. The molecule has 0 aromatic heterocycles. The molecule has 0 radical (unpaired) electrons. The van der Waals surface area contributed by atoms with Gasteiger partial charge >= 0.3 is 0 Å². The number of carbonyl (C=O) groups excluding carboxylic acids is 1. The summed E-state index contributed by atoms with van der Waals surface area (Å²) in [5, 5.41) is 16.8. The fraction of sp³-hybridized carbons (Fsp3) is 0.800. The first-order valence-corrected chi connectivity index (χ1v) is 2.60. The number of aldehydes is 1. The maximum atomic E-state index is 9.70. The number of ether oxygens (including phenoxy) is 1. The maximum Gasteiger partial charge on any atom is 0.212 e. The van der Waals surface area contributed by atoms with E-state index in [1.54, 1.807) is 6.92 Å². The van der Waals surface area contributed by atoms with Gasteiger partial charge < -0.3 is 14.9 Å². The van der Waals surface area contributed by atoms with Gasteiger partial charge in [0, 0.05) is 0 Å². The summed E-state index contributed by atoms with van der Waals surface area (Å²) in [7, 11) is 0. The number of aliphatic hydroxyl groups is 2. The van der Waals surface area contributed by atoms with E-state index in [0.717, 1.165) is 0 Å². The highest BCUT2D eigenvalue weighted by atomic mass is 16.6. The van der Waals surface area contributed by atoms with Crippen LogP contribution >= 0.6 is 0 Å². The predicted molar refractivity (Wildman–Crippen MR) is 29.7 cm³/mol. The van der Waals surface area contributed by atoms with Gasteiger partial charge in [0.1, 0.15) is 0 Å². The lowest BCUT2D eigenvalue weighted by molar-refractivity contribution is -0.156. The summed E-state index contributed by atoms with van der Waals surface area (Å²) in [6.45, 7) is 1.34. The molecule has 0 aliphatic heterocycles. The Labute approximate surface area is 53.1 Å². The third-order valence-electron chi connectivity index (χ3n) is 0.745. The summed E-state index contributed by atoms with van der Waals surface area (Å²) in [4.78, 5) is 9.70. The molecule has 0 saturated carbocycles. The zero-order valence-corrected chi connectivity index (χ0v) is 5.15. The van der Waals surface area contributed by atoms with Gasteiger partial charge in [-0.25, -0.2) is 0 Å². The van der Waals surface area contributed by atoms with Crippen LogP contribution in [-0.4, -0.2) is 35.5 Å². The molecule has 4 heteroatoms. The van der Waals surface area contributed by atoms with Crippen LogP contribution in [0.1, 0.15) is 6.92 Å². The SMILES string of the molecule is CC(CO)OC(O)C=O. The van der Waals surface area contributed by atoms with Crippen molar-refractivity contribution < 1.29 is 19.7 Å². The highest BCUT2D eigenvalue weighted by molar-refractivity contribution is 5.53. The zero-order chi connectivity index (χ0) is 7.28. The van der Waals surface area contributed by atoms with E-state index < -0.39 is 12.4 Å². The lowest BCUT2D eigenvalue weighted by Crippen LogP contribution is -2.22. The largest absolute Gasteiger partial charge is 0.394 e. The Hall–Kier alpha value is -0.450. The Morgan fingerprint density at radius 2 is 2.33 bits per heavy atom. The molecule has 54 valence electrons. The molecular formula is C5H10O4. The van der Waals surface area contributed by atoms with Gasteiger partial charge in [-0.05, 0) is 6.92 Å². The molecule has 2 unspecified atom stereocenters. The number of rotatable bonds is 4. The molecule has 0 rings (SSSR count). The highest BCUT2D eigenvalue weighted by Gasteiger charge is 2.05. The van der Waals surface area contributed by atoms with Crippen LogP contribution in [0.3, 0.4) is 0 Å². The van der Waals surface area contributed by atoms with E-state index in [0.29, 0.717) is 0 Å². The van der Waals surface area contributed by atoms with Crippen molar-refractivity contribution in [3.8, 4) is 0 Å². The van der Waals surface area contributed by atoms with Crippen molar-refractivity contribution >= 4 is 6.29 Å². The molecule has 0 heterocycles. The van der Waals surface area contributed by atoms with Crippen molar-refractivity contribution in [2.24, 2.45) is 0 Å². The molecule has 0 bridgehead atoms. The van der Waals surface area contributed by atoms with E-state index in [1.165, 1.54) is 0 Å². The minimum atomic E-state index is -1.41. The van der Waals surface area contributed by atoms with E-state index in [2.05, 4.69) is 4.74 Å². The molecule has 0 saturated heterocycles. The Bertz CT molecular complexity index is 83.0. The lowest BCUT2D eigenvalue weighted by Gasteiger charge is -2.10. The van der Waals surface area contributed by atoms with E-state index in [1.807, 2.05) is 0 Å². The molecule has 0 fully saturated rings. The summed E-state index contributed by atoms with van der Waals surface area (Å²) in [6.07, 6.45) is -1.65. The number of hydrogen-bond donors (Lipinski definition) is 2. The van der Waals surface area contributed by atoms with Crippen LogP contribution in [-0.2, 0) is 9.53 Å². The topological polar surface area (TPSA) is 66.8 Å². The quantitative estimate of drug-likeness (QED) is 0.378. The van der Waals surface area contributed by atoms with Gasteiger partial charge in [0.25, 0.3) is 0 Å². The normalized spacial score (nSPS) is 16.8. The molecule has 2 N–H and O–H groups in total. The van der Waals surface area contributed by atoms with Crippen LogP contribution in [0.5, 0.6) is 0 Å². The summed E-state index contributed by atoms with van der Waals surface area (Å²) >= 11 is 0. The molecule has 0 aromatic rings. The van der Waals surface area contributed by atoms with Crippen molar-refractivity contribution in [1.29, 1.82) is 0 Å². The first-order valence-electron chi connectivity index (χ1n) is 2.60. The number of aliphatic hydroxyl groups excluding tert-OH is 2. The lowest BCUT2D eigenvalue weighted by atomic mass is 10.4. The first kappa shape index (κ1) is 8.55. The van der Waals surface area contributed by atoms with Gasteiger partial charge in [0.2, 0.25) is 6.29 Å². The predicted octanol–water partition coefficient (Wildman–Crippen LogP) is -1.10. The molecule has 2 atom stereocenters. The first-order chi connectivity index (χ1) is 4.20. The number of hydrogen-bond acceptors (Lipinski definition) is 4. The van der Waals surface area contributed by atoms with Crippen molar-refractivity contribution in [3.63, 3.8) is 0 Å². The molecule has 9 heavy (non-hydrogen) atoms. The standard InChI is InChI=1S/C5H10O4/c1-4(2-6)9-5(8)3-7/h3-6,8H,2H2,1H3. The monoisotopic (exact) mass is 134 g/mol. The number of carbonyl (C=O) groups is 1. The fourth-order valence-corrected chi connectivity index (χ4v) is 0.313. The highest BCUT2D eigenvalue weighted by Crippen LogP contribution is 1.90. The Morgan fingerprint density at radius 1 is 1.78 bits per heavy atom. The zero-order valence-electron chi connectivity index (χ0n) is 5.15. The molecule has 0 amide bonds. The van der Waals surface area contributed by atoms with E-state index in [9.17, 15) is 4.79 Å². The molecule has 0 aliphatic rings. The van der Waals surface area contributed by atoms with Gasteiger partial charge in [-0.2, -0.15) is 0 Å². The van der Waals surface area contributed by atoms with Crippen molar-refractivity contribution in [2.45, 2.75) is 19.3 Å². The molecular weight excluding hydrogens is 124 g/mol. The van der Waals surface area contributed by atoms with E-state index in [4.69, 9.17) is 10.2 Å². The molecule has 0 spiro atoms. The molecule has 0 aromatic carbocycles. The van der Waals surface area contributed by atoms with Crippen LogP contribution in [0.4, 0.5) is 0 Å². The minimum absolute atomic E-state index is 0.203. The molecule has 4 nitrogen and oxygen atoms in total. The fourth-order valence-electron chi connectivity index (χ4n) is 0.313. The third kappa shape index (κ3) is 4.08. The second-order valence-electron chi connectivity index (χ2n) is 1.66. The summed E-state index contributed by atoms with van der Waals surface area (Å²) in [5.41, 5.74) is 0. The second kappa shape index (κ2) is 4.43. The van der Waals surface area contributed by atoms with Crippen molar-refractivity contribution in [1.82, 2.24) is 0 Å². The maximum absolute atomic E-state index is 9.70. The Balaban J connectivity index is 3.33. The van der Waals surface area contributed by atoms with Crippen molar-refractivity contribution in [2.75, 3.05) is 6.61 Å². The summed E-state index contributed by atoms with van der Waals surface area (Å²) in [5.74, 6) is 0. The average molecular weight is 134 g/mol. The summed E-state index contributed by atoms with van der Waals surface area (Å²) in [6, 6.07) is 0. The van der Waals surface area contributed by atoms with Crippen molar-refractivity contribution in [3.05, 3.63) is 0 Å². The van der Waals surface area contributed by atoms with Crippen LogP contribution in [0.25, 0.3) is 0 Å². The van der Waals surface area contributed by atoms with Gasteiger partial charge in [0.05, 0.1) is 12.7 Å². The second-order valence-corrected chi connectivity index (χ2v) is 1.66. The average Bonchev–Trinajstić information content (AvgIpc) is 1.87. The van der Waals surface area contributed by atoms with E-state index in [-0.39, 0.29) is 12.9 Å². The van der Waals surface area contributed by atoms with Crippen LogP contribution in [0, 0.1) is 0 Å². The Kier molecular flexibility index (Phi) is 4.21. The minimum Gasteiger partial charge on any atom is -0.394 e. The van der Waals surface area contributed by atoms with Gasteiger partial charge in [-0.15, -0.1) is 0 Å². The smallest absolute Gasteiger partial charge is 0.212 e. The van der Waals surface area contributed by atoms with Gasteiger partial charge in [-0.3, -0.25) is 4.79 Å². The van der Waals surface area contributed by atoms with Crippen LogP contribution in [0.15, 0.2) is 0 Å². The van der Waals surface area contributed by atoms with Gasteiger partial charge in [0.15, 0.2) is 6.29 Å². The van der Waals surface area contributed by atoms with Gasteiger partial charge in [-0.1, -0.05) is 0 Å². The van der Waals surface area contributed by atoms with Crippen LogP contribution < -0.4 is 0 Å². The van der Waals surface area contributed by atoms with E-state index >= 15 is 0 Å². The van der Waals surface area contributed by atoms with Crippen LogP contribution in [0.2, 0.25) is 0 Å². The Morgan fingerprint density at radius 3 is 2.67 bits per heavy atom.